The van der Waals surface area contributed by atoms with Crippen molar-refractivity contribution in [2.75, 3.05) is 7.11 Å². The van der Waals surface area contributed by atoms with Gasteiger partial charge in [0, 0.05) is 5.39 Å². The Morgan fingerprint density at radius 3 is 2.56 bits per heavy atom. The van der Waals surface area contributed by atoms with Gasteiger partial charge in [0.15, 0.2) is 11.6 Å². The summed E-state index contributed by atoms with van der Waals surface area (Å²) >= 11 is 0. The molecule has 0 N–H and O–H groups in total. The van der Waals surface area contributed by atoms with E-state index in [1.807, 2.05) is 12.1 Å². The first-order valence-electron chi connectivity index (χ1n) is 10.6. The average molecular weight is 372 g/mol. The highest BCUT2D eigenvalue weighted by molar-refractivity contribution is 5.85. The first-order valence-corrected chi connectivity index (χ1v) is 10.6. The summed E-state index contributed by atoms with van der Waals surface area (Å²) < 4.78 is 34.4. The van der Waals surface area contributed by atoms with Crippen molar-refractivity contribution in [3.8, 4) is 5.75 Å². The lowest BCUT2D eigenvalue weighted by molar-refractivity contribution is 0.113. The van der Waals surface area contributed by atoms with Crippen molar-refractivity contribution in [1.29, 1.82) is 0 Å². The predicted octanol–water partition coefficient (Wildman–Crippen LogP) is 7.23. The lowest BCUT2D eigenvalue weighted by atomic mass is 9.63. The number of benzene rings is 2. The molecule has 2 saturated carbocycles. The number of methoxy groups -OCH3 is 1. The van der Waals surface area contributed by atoms with E-state index in [4.69, 9.17) is 4.74 Å². The molecule has 2 unspecified atom stereocenters. The van der Waals surface area contributed by atoms with Gasteiger partial charge in [-0.2, -0.15) is 0 Å². The van der Waals surface area contributed by atoms with Crippen LogP contribution in [0.25, 0.3) is 10.8 Å². The Balaban J connectivity index is 1.56. The van der Waals surface area contributed by atoms with Crippen LogP contribution in [0.15, 0.2) is 24.3 Å². The van der Waals surface area contributed by atoms with E-state index in [-0.39, 0.29) is 17.5 Å². The molecular formula is C24H30F2O. The third kappa shape index (κ3) is 3.58. The highest BCUT2D eigenvalue weighted by Crippen LogP contribution is 2.49. The minimum Gasteiger partial charge on any atom is -0.494 e. The van der Waals surface area contributed by atoms with Gasteiger partial charge in [0.2, 0.25) is 0 Å². The normalized spacial score (nSPS) is 28.1. The Hall–Kier alpha value is -1.64. The third-order valence-electron chi connectivity index (χ3n) is 7.11. The molecule has 146 valence electrons. The van der Waals surface area contributed by atoms with Crippen molar-refractivity contribution < 1.29 is 13.5 Å². The summed E-state index contributed by atoms with van der Waals surface area (Å²) in [6, 6.07) is 6.71. The Morgan fingerprint density at radius 1 is 1.00 bits per heavy atom. The molecule has 0 heterocycles. The summed E-state index contributed by atoms with van der Waals surface area (Å²) in [7, 11) is 1.43. The van der Waals surface area contributed by atoms with E-state index >= 15 is 0 Å². The topological polar surface area (TPSA) is 9.23 Å². The van der Waals surface area contributed by atoms with Gasteiger partial charge in [0.1, 0.15) is 5.82 Å². The summed E-state index contributed by atoms with van der Waals surface area (Å²) in [5, 5.41) is 1.07. The van der Waals surface area contributed by atoms with Crippen LogP contribution in [0.5, 0.6) is 5.75 Å². The molecule has 2 fully saturated rings. The molecule has 0 saturated heterocycles. The van der Waals surface area contributed by atoms with Gasteiger partial charge in [-0.3, -0.25) is 0 Å². The zero-order chi connectivity index (χ0) is 19.0. The zero-order valence-electron chi connectivity index (χ0n) is 16.4. The second-order valence-electron chi connectivity index (χ2n) is 8.67. The van der Waals surface area contributed by atoms with E-state index < -0.39 is 5.82 Å². The van der Waals surface area contributed by atoms with Crippen LogP contribution < -0.4 is 4.74 Å². The van der Waals surface area contributed by atoms with E-state index in [0.29, 0.717) is 5.39 Å². The molecule has 4 rings (SSSR count). The Bertz CT molecular complexity index is 816. The Kier molecular flexibility index (Phi) is 5.39. The van der Waals surface area contributed by atoms with Crippen LogP contribution in [0, 0.1) is 29.4 Å². The van der Waals surface area contributed by atoms with Crippen molar-refractivity contribution in [2.45, 2.75) is 64.2 Å². The molecular weight excluding hydrogens is 342 g/mol. The van der Waals surface area contributed by atoms with Crippen molar-refractivity contribution in [3.05, 3.63) is 41.5 Å². The lowest BCUT2D eigenvalue weighted by Crippen LogP contribution is -2.30. The Labute approximate surface area is 161 Å². The molecule has 0 spiro atoms. The molecule has 2 aliphatic rings. The second-order valence-corrected chi connectivity index (χ2v) is 8.67. The molecule has 2 aromatic carbocycles. The van der Waals surface area contributed by atoms with Crippen LogP contribution in [-0.4, -0.2) is 7.11 Å². The monoisotopic (exact) mass is 372 g/mol. The molecule has 2 aromatic rings. The van der Waals surface area contributed by atoms with E-state index in [1.54, 1.807) is 6.07 Å². The first kappa shape index (κ1) is 18.7. The van der Waals surface area contributed by atoms with Crippen LogP contribution in [-0.2, 0) is 0 Å². The van der Waals surface area contributed by atoms with Crippen molar-refractivity contribution in [1.82, 2.24) is 0 Å². The molecule has 27 heavy (non-hydrogen) atoms. The minimum absolute atomic E-state index is 0.166. The van der Waals surface area contributed by atoms with Crippen LogP contribution in [0.2, 0.25) is 0 Å². The highest BCUT2D eigenvalue weighted by atomic mass is 19.1. The largest absolute Gasteiger partial charge is 0.494 e. The highest BCUT2D eigenvalue weighted by Gasteiger charge is 2.36. The number of hydrogen-bond acceptors (Lipinski definition) is 1. The van der Waals surface area contributed by atoms with Gasteiger partial charge in [-0.05, 0) is 84.9 Å². The van der Waals surface area contributed by atoms with Gasteiger partial charge < -0.3 is 4.74 Å². The van der Waals surface area contributed by atoms with Gasteiger partial charge in [-0.1, -0.05) is 32.3 Å². The van der Waals surface area contributed by atoms with Crippen molar-refractivity contribution in [2.24, 2.45) is 17.8 Å². The van der Waals surface area contributed by atoms with Gasteiger partial charge >= 0.3 is 0 Å². The maximum Gasteiger partial charge on any atom is 0.172 e. The van der Waals surface area contributed by atoms with Crippen LogP contribution in [0.1, 0.15) is 69.8 Å². The van der Waals surface area contributed by atoms with Crippen LogP contribution in [0.3, 0.4) is 0 Å². The van der Waals surface area contributed by atoms with Gasteiger partial charge in [-0.15, -0.1) is 0 Å². The number of ether oxygens (including phenoxy) is 1. The van der Waals surface area contributed by atoms with E-state index in [2.05, 4.69) is 6.92 Å². The molecule has 3 heteroatoms. The second kappa shape index (κ2) is 7.77. The summed E-state index contributed by atoms with van der Waals surface area (Å²) in [6.45, 7) is 2.28. The first-order chi connectivity index (χ1) is 13.1. The smallest absolute Gasteiger partial charge is 0.172 e. The van der Waals surface area contributed by atoms with Crippen LogP contribution in [0.4, 0.5) is 8.78 Å². The van der Waals surface area contributed by atoms with E-state index in [0.717, 1.165) is 41.5 Å². The van der Waals surface area contributed by atoms with Gasteiger partial charge in [-0.25, -0.2) is 8.78 Å². The molecule has 2 aliphatic carbocycles. The number of fused-ring (bicyclic) bond motifs is 2. The Morgan fingerprint density at radius 2 is 1.78 bits per heavy atom. The predicted molar refractivity (Wildman–Crippen MR) is 106 cm³/mol. The molecule has 0 aliphatic heterocycles. The standard InChI is InChI=1S/C24H30F2O/c1-3-4-15-5-6-17-12-18(8-7-16(17)11-15)20-13-19-9-10-23(27-2)24(26)21(19)14-22(20)25/h9-10,13-18H,3-8,11-12H2,1-2H3/t15?,16-,17?,18-/m1/s1. The maximum atomic E-state index is 14.9. The summed E-state index contributed by atoms with van der Waals surface area (Å²) in [5.41, 5.74) is 0.779. The zero-order valence-corrected chi connectivity index (χ0v) is 16.4. The SMILES string of the molecule is CCCC1CCC2C[C@H](c3cc4ccc(OC)c(F)c4cc3F)CC[C@@H]2C1. The summed E-state index contributed by atoms with van der Waals surface area (Å²) in [6.07, 6.45) is 10.0. The molecule has 0 radical (unpaired) electrons. The average Bonchev–Trinajstić information content (AvgIpc) is 2.68. The fourth-order valence-corrected chi connectivity index (χ4v) is 5.72. The number of hydrogen-bond donors (Lipinski definition) is 0. The molecule has 4 atom stereocenters. The maximum absolute atomic E-state index is 14.9. The molecule has 0 bridgehead atoms. The molecule has 0 aromatic heterocycles. The van der Waals surface area contributed by atoms with E-state index in [1.165, 1.54) is 51.7 Å². The van der Waals surface area contributed by atoms with Gasteiger partial charge in [0.05, 0.1) is 7.11 Å². The van der Waals surface area contributed by atoms with Crippen molar-refractivity contribution in [3.63, 3.8) is 0 Å². The third-order valence-corrected chi connectivity index (χ3v) is 7.11. The fraction of sp³-hybridized carbons (Fsp3) is 0.583. The summed E-state index contributed by atoms with van der Waals surface area (Å²) in [5.74, 6) is 2.17. The fourth-order valence-electron chi connectivity index (χ4n) is 5.72. The van der Waals surface area contributed by atoms with E-state index in [9.17, 15) is 8.78 Å². The van der Waals surface area contributed by atoms with Crippen LogP contribution >= 0.6 is 0 Å². The molecule has 0 amide bonds. The summed E-state index contributed by atoms with van der Waals surface area (Å²) in [4.78, 5) is 0. The minimum atomic E-state index is -0.474. The quantitative estimate of drug-likeness (QED) is 0.550. The molecule has 1 nitrogen and oxygen atoms in total. The van der Waals surface area contributed by atoms with Crippen molar-refractivity contribution >= 4 is 10.8 Å². The lowest BCUT2D eigenvalue weighted by Gasteiger charge is -2.42. The number of rotatable bonds is 4. The number of halogens is 2. The van der Waals surface area contributed by atoms with Gasteiger partial charge in [0.25, 0.3) is 0 Å².